The summed E-state index contributed by atoms with van der Waals surface area (Å²) in [5.74, 6) is -1.85. The van der Waals surface area contributed by atoms with Gasteiger partial charge in [0.15, 0.2) is 5.60 Å². The van der Waals surface area contributed by atoms with E-state index < -0.39 is 42.2 Å². The van der Waals surface area contributed by atoms with Gasteiger partial charge in [-0.1, -0.05) is 6.92 Å². The maximum Gasteiger partial charge on any atom is 0.389 e. The quantitative estimate of drug-likeness (QED) is 0.547. The van der Waals surface area contributed by atoms with Gasteiger partial charge in [-0.15, -0.1) is 0 Å². The van der Waals surface area contributed by atoms with Gasteiger partial charge in [-0.2, -0.15) is 13.2 Å². The number of hydrogen-bond donors (Lipinski definition) is 0. The highest BCUT2D eigenvalue weighted by Crippen LogP contribution is 2.60. The monoisotopic (exact) mass is 378 g/mol. The topological polar surface area (TPSA) is 54.0 Å². The maximum atomic E-state index is 12.6. The Balaban J connectivity index is 1.63. The fourth-order valence-electron chi connectivity index (χ4n) is 5.46. The van der Waals surface area contributed by atoms with E-state index in [1.165, 1.54) is 0 Å². The smallest absolute Gasteiger partial charge is 0.389 e. The Morgan fingerprint density at radius 2 is 1.92 bits per heavy atom. The lowest BCUT2D eigenvalue weighted by molar-refractivity contribution is -0.559. The number of carbonyl (C=O) groups excluding carboxylic acids is 1. The standard InChI is InChI=1S/C18H25F3O5/c1-10-5-6-13-11(4-3-8-17(19,20)21)14(22)23-15-18(13)12(10)7-9-16(2,24-15)25-26-18/h10-13,15H,3-9H2,1-2H3/t10-,11-,12+,13+,15?,16-,18-/m1/s1. The summed E-state index contributed by atoms with van der Waals surface area (Å²) in [5.41, 5.74) is -0.912. The van der Waals surface area contributed by atoms with Gasteiger partial charge in [0, 0.05) is 24.7 Å². The van der Waals surface area contributed by atoms with E-state index in [4.69, 9.17) is 19.2 Å². The summed E-state index contributed by atoms with van der Waals surface area (Å²) < 4.78 is 49.2. The zero-order valence-electron chi connectivity index (χ0n) is 15.0. The Morgan fingerprint density at radius 1 is 1.15 bits per heavy atom. The van der Waals surface area contributed by atoms with Crippen LogP contribution in [0, 0.1) is 23.7 Å². The Kier molecular flexibility index (Phi) is 4.32. The minimum absolute atomic E-state index is 0.0915. The van der Waals surface area contributed by atoms with Crippen molar-refractivity contribution in [2.75, 3.05) is 0 Å². The van der Waals surface area contributed by atoms with E-state index in [9.17, 15) is 18.0 Å². The summed E-state index contributed by atoms with van der Waals surface area (Å²) in [6.45, 7) is 3.91. The molecule has 8 heteroatoms. The van der Waals surface area contributed by atoms with Crippen molar-refractivity contribution in [3.8, 4) is 0 Å². The highest BCUT2D eigenvalue weighted by atomic mass is 19.4. The molecule has 1 aliphatic carbocycles. The summed E-state index contributed by atoms with van der Waals surface area (Å²) in [6, 6.07) is 0. The normalized spacial score (nSPS) is 47.9. The zero-order valence-corrected chi connectivity index (χ0v) is 15.0. The van der Waals surface area contributed by atoms with E-state index in [1.54, 1.807) is 6.92 Å². The molecule has 1 unspecified atom stereocenters. The van der Waals surface area contributed by atoms with Gasteiger partial charge >= 0.3 is 12.1 Å². The van der Waals surface area contributed by atoms with Gasteiger partial charge < -0.3 is 9.47 Å². The van der Waals surface area contributed by atoms with E-state index in [0.717, 1.165) is 12.8 Å². The lowest BCUT2D eigenvalue weighted by Crippen LogP contribution is -2.70. The van der Waals surface area contributed by atoms with E-state index in [1.807, 2.05) is 0 Å². The van der Waals surface area contributed by atoms with Crippen LogP contribution in [0.4, 0.5) is 13.2 Å². The predicted molar refractivity (Wildman–Crippen MR) is 82.3 cm³/mol. The molecule has 0 amide bonds. The molecule has 1 spiro atoms. The second-order valence-electron chi connectivity index (χ2n) is 8.46. The van der Waals surface area contributed by atoms with Gasteiger partial charge in [0.2, 0.25) is 12.1 Å². The molecule has 5 nitrogen and oxygen atoms in total. The van der Waals surface area contributed by atoms with Crippen LogP contribution in [0.15, 0.2) is 0 Å². The fraction of sp³-hybridized carbons (Fsp3) is 0.944. The molecule has 4 saturated heterocycles. The highest BCUT2D eigenvalue weighted by Gasteiger charge is 2.70. The van der Waals surface area contributed by atoms with Gasteiger partial charge in [-0.25, -0.2) is 9.78 Å². The predicted octanol–water partition coefficient (Wildman–Crippen LogP) is 4.11. The fourth-order valence-corrected chi connectivity index (χ4v) is 5.46. The van der Waals surface area contributed by atoms with Crippen LogP contribution < -0.4 is 0 Å². The summed E-state index contributed by atoms with van der Waals surface area (Å²) in [7, 11) is 0. The summed E-state index contributed by atoms with van der Waals surface area (Å²) in [5, 5.41) is 0. The van der Waals surface area contributed by atoms with Gasteiger partial charge in [-0.3, -0.25) is 4.79 Å². The average Bonchev–Trinajstić information content (AvgIpc) is 2.76. The Bertz CT molecular complexity index is 582. The van der Waals surface area contributed by atoms with Crippen molar-refractivity contribution in [1.82, 2.24) is 0 Å². The molecule has 0 aromatic carbocycles. The molecule has 0 aromatic heterocycles. The molecule has 4 aliphatic heterocycles. The van der Waals surface area contributed by atoms with Gasteiger partial charge in [0.05, 0.1) is 5.92 Å². The first-order valence-corrected chi connectivity index (χ1v) is 9.46. The highest BCUT2D eigenvalue weighted by molar-refractivity contribution is 5.74. The Labute approximate surface area is 150 Å². The van der Waals surface area contributed by atoms with Crippen LogP contribution in [0.2, 0.25) is 0 Å². The van der Waals surface area contributed by atoms with Crippen LogP contribution >= 0.6 is 0 Å². The van der Waals surface area contributed by atoms with Crippen molar-refractivity contribution in [3.63, 3.8) is 0 Å². The molecule has 2 bridgehead atoms. The van der Waals surface area contributed by atoms with E-state index in [0.29, 0.717) is 18.8 Å². The third-order valence-electron chi connectivity index (χ3n) is 6.76. The van der Waals surface area contributed by atoms with Crippen molar-refractivity contribution in [2.24, 2.45) is 23.7 Å². The lowest BCUT2D eigenvalue weighted by Gasteiger charge is -2.58. The molecular formula is C18H25F3O5. The molecule has 4 heterocycles. The van der Waals surface area contributed by atoms with Crippen LogP contribution in [0.1, 0.15) is 58.8 Å². The first-order valence-electron chi connectivity index (χ1n) is 9.46. The first-order chi connectivity index (χ1) is 12.1. The molecule has 26 heavy (non-hydrogen) atoms. The summed E-state index contributed by atoms with van der Waals surface area (Å²) >= 11 is 0. The molecule has 0 radical (unpaired) electrons. The number of alkyl halides is 3. The minimum Gasteiger partial charge on any atom is -0.432 e. The lowest BCUT2D eigenvalue weighted by atomic mass is 9.57. The second kappa shape index (κ2) is 6.07. The maximum absolute atomic E-state index is 12.6. The third kappa shape index (κ3) is 2.85. The third-order valence-corrected chi connectivity index (χ3v) is 6.76. The number of fused-ring (bicyclic) bond motifs is 2. The average molecular weight is 378 g/mol. The number of hydrogen-bond acceptors (Lipinski definition) is 5. The molecule has 0 aromatic rings. The van der Waals surface area contributed by atoms with Gasteiger partial charge in [0.25, 0.3) is 0 Å². The first kappa shape index (κ1) is 18.5. The minimum atomic E-state index is -4.22. The molecule has 5 fully saturated rings. The molecule has 5 aliphatic rings. The van der Waals surface area contributed by atoms with Crippen molar-refractivity contribution in [1.29, 1.82) is 0 Å². The van der Waals surface area contributed by atoms with Crippen molar-refractivity contribution in [3.05, 3.63) is 0 Å². The number of carbonyl (C=O) groups is 1. The molecule has 1 saturated carbocycles. The molecule has 7 atom stereocenters. The van der Waals surface area contributed by atoms with E-state index in [-0.39, 0.29) is 24.7 Å². The van der Waals surface area contributed by atoms with Crippen LogP contribution in [-0.4, -0.2) is 29.8 Å². The van der Waals surface area contributed by atoms with Crippen LogP contribution in [0.25, 0.3) is 0 Å². The van der Waals surface area contributed by atoms with Crippen molar-refractivity contribution >= 4 is 5.97 Å². The SMILES string of the molecule is C[C@@H]1CC[C@H]2[C@@H](CCCC(F)(F)F)C(=O)OC3O[C@@]4(C)CC[C@@H]1[C@]32OO4. The number of rotatable bonds is 3. The number of esters is 1. The zero-order chi connectivity index (χ0) is 18.7. The number of halogens is 3. The molecule has 5 rings (SSSR count). The van der Waals surface area contributed by atoms with Gasteiger partial charge in [0.1, 0.15) is 0 Å². The molecular weight excluding hydrogens is 353 g/mol. The van der Waals surface area contributed by atoms with E-state index >= 15 is 0 Å². The number of ether oxygens (including phenoxy) is 2. The molecule has 148 valence electrons. The van der Waals surface area contributed by atoms with E-state index in [2.05, 4.69) is 6.92 Å². The second-order valence-corrected chi connectivity index (χ2v) is 8.46. The van der Waals surface area contributed by atoms with Crippen LogP contribution in [-0.2, 0) is 24.0 Å². The Hall–Kier alpha value is -0.860. The molecule has 0 N–H and O–H groups in total. The van der Waals surface area contributed by atoms with Gasteiger partial charge in [-0.05, 0) is 44.9 Å². The largest absolute Gasteiger partial charge is 0.432 e. The summed E-state index contributed by atoms with van der Waals surface area (Å²) in [4.78, 5) is 24.1. The van der Waals surface area contributed by atoms with Crippen LogP contribution in [0.3, 0.4) is 0 Å². The summed E-state index contributed by atoms with van der Waals surface area (Å²) in [6.07, 6.45) is -2.88. The van der Waals surface area contributed by atoms with Crippen molar-refractivity contribution < 1.29 is 37.2 Å². The Morgan fingerprint density at radius 3 is 2.65 bits per heavy atom. The van der Waals surface area contributed by atoms with Crippen LogP contribution in [0.5, 0.6) is 0 Å². The van der Waals surface area contributed by atoms with Crippen molar-refractivity contribution in [2.45, 2.75) is 82.6 Å².